The summed E-state index contributed by atoms with van der Waals surface area (Å²) in [6, 6.07) is 4.74. The molecule has 0 spiro atoms. The van der Waals surface area contributed by atoms with Crippen LogP contribution in [-0.4, -0.2) is 29.3 Å². The van der Waals surface area contributed by atoms with Crippen molar-refractivity contribution in [2.75, 3.05) is 13.2 Å². The van der Waals surface area contributed by atoms with Crippen LogP contribution in [0.1, 0.15) is 5.56 Å². The number of carbonyl (C=O) groups excluding carboxylic acids is 1. The lowest BCUT2D eigenvalue weighted by atomic mass is 10.1. The van der Waals surface area contributed by atoms with Gasteiger partial charge in [0.2, 0.25) is 5.91 Å². The van der Waals surface area contributed by atoms with Crippen LogP contribution in [0.15, 0.2) is 18.2 Å². The van der Waals surface area contributed by atoms with Crippen molar-refractivity contribution >= 4 is 17.5 Å². The van der Waals surface area contributed by atoms with Gasteiger partial charge in [-0.05, 0) is 30.2 Å². The Bertz CT molecular complexity index is 355. The smallest absolute Gasteiger partial charge is 0.245 e. The van der Waals surface area contributed by atoms with Crippen LogP contribution in [0.2, 0.25) is 5.02 Å². The normalized spacial score (nSPS) is 10.0. The van der Waals surface area contributed by atoms with Gasteiger partial charge >= 0.3 is 0 Å². The van der Waals surface area contributed by atoms with E-state index < -0.39 is 12.5 Å². The number of carbonyl (C=O) groups is 1. The second kappa shape index (κ2) is 5.58. The number of hydrogen-bond acceptors (Lipinski definition) is 3. The predicted molar refractivity (Wildman–Crippen MR) is 56.9 cm³/mol. The van der Waals surface area contributed by atoms with E-state index in [1.165, 1.54) is 6.07 Å². The molecule has 0 aliphatic rings. The second-order valence-corrected chi connectivity index (χ2v) is 3.47. The van der Waals surface area contributed by atoms with Crippen molar-refractivity contribution in [1.82, 2.24) is 5.32 Å². The van der Waals surface area contributed by atoms with Gasteiger partial charge in [-0.2, -0.15) is 0 Å². The molecule has 0 heterocycles. The zero-order valence-electron chi connectivity index (χ0n) is 8.03. The molecule has 0 fully saturated rings. The molecule has 0 aliphatic carbocycles. The summed E-state index contributed by atoms with van der Waals surface area (Å²) in [7, 11) is 0. The molecule has 0 unspecified atom stereocenters. The van der Waals surface area contributed by atoms with Gasteiger partial charge in [-0.15, -0.1) is 0 Å². The maximum Gasteiger partial charge on any atom is 0.245 e. The van der Waals surface area contributed by atoms with Crippen LogP contribution in [-0.2, 0) is 11.2 Å². The van der Waals surface area contributed by atoms with E-state index in [0.29, 0.717) is 23.6 Å². The minimum atomic E-state index is -0.526. The highest BCUT2D eigenvalue weighted by Gasteiger charge is 2.03. The molecule has 5 heteroatoms. The first-order chi connectivity index (χ1) is 7.13. The van der Waals surface area contributed by atoms with Crippen LogP contribution in [0.4, 0.5) is 0 Å². The summed E-state index contributed by atoms with van der Waals surface area (Å²) in [5.41, 5.74) is 0.667. The third kappa shape index (κ3) is 3.77. The number of phenolic OH excluding ortho intramolecular Hbond substituents is 1. The molecule has 0 saturated heterocycles. The van der Waals surface area contributed by atoms with E-state index in [9.17, 15) is 9.90 Å². The summed E-state index contributed by atoms with van der Waals surface area (Å²) < 4.78 is 0. The number of benzene rings is 1. The SMILES string of the molecule is O=C(CO)NCCc1cc(Cl)ccc1O. The number of nitrogens with one attached hydrogen (secondary N) is 1. The first-order valence-electron chi connectivity index (χ1n) is 4.48. The molecule has 1 amide bonds. The number of aliphatic hydroxyl groups is 1. The van der Waals surface area contributed by atoms with Gasteiger partial charge in [0.15, 0.2) is 0 Å². The van der Waals surface area contributed by atoms with Crippen LogP contribution in [0.25, 0.3) is 0 Å². The Morgan fingerprint density at radius 1 is 1.47 bits per heavy atom. The quantitative estimate of drug-likeness (QED) is 0.712. The van der Waals surface area contributed by atoms with Gasteiger partial charge in [-0.1, -0.05) is 11.6 Å². The topological polar surface area (TPSA) is 69.6 Å². The Hall–Kier alpha value is -1.26. The van der Waals surface area contributed by atoms with Crippen LogP contribution in [0.5, 0.6) is 5.75 Å². The van der Waals surface area contributed by atoms with Crippen molar-refractivity contribution in [1.29, 1.82) is 0 Å². The molecule has 1 rings (SSSR count). The minimum Gasteiger partial charge on any atom is -0.508 e. The highest BCUT2D eigenvalue weighted by molar-refractivity contribution is 6.30. The van der Waals surface area contributed by atoms with E-state index in [1.807, 2.05) is 0 Å². The van der Waals surface area contributed by atoms with Crippen molar-refractivity contribution in [2.45, 2.75) is 6.42 Å². The average molecular weight is 230 g/mol. The van der Waals surface area contributed by atoms with Crippen molar-refractivity contribution < 1.29 is 15.0 Å². The fourth-order valence-electron chi connectivity index (χ4n) is 1.15. The van der Waals surface area contributed by atoms with E-state index in [-0.39, 0.29) is 5.75 Å². The molecular weight excluding hydrogens is 218 g/mol. The molecule has 1 aromatic rings. The number of halogens is 1. The van der Waals surface area contributed by atoms with E-state index in [2.05, 4.69) is 5.32 Å². The van der Waals surface area contributed by atoms with Crippen LogP contribution in [0, 0.1) is 0 Å². The van der Waals surface area contributed by atoms with Crippen molar-refractivity contribution in [3.05, 3.63) is 28.8 Å². The average Bonchev–Trinajstić information content (AvgIpc) is 2.23. The standard InChI is InChI=1S/C10H12ClNO3/c11-8-1-2-9(14)7(5-8)3-4-12-10(15)6-13/h1-2,5,13-14H,3-4,6H2,(H,12,15). The zero-order chi connectivity index (χ0) is 11.3. The molecule has 0 aliphatic heterocycles. The zero-order valence-corrected chi connectivity index (χ0v) is 8.79. The van der Waals surface area contributed by atoms with Crippen LogP contribution < -0.4 is 5.32 Å². The molecule has 3 N–H and O–H groups in total. The summed E-state index contributed by atoms with van der Waals surface area (Å²) in [4.78, 5) is 10.7. The third-order valence-corrected chi connectivity index (χ3v) is 2.14. The maximum atomic E-state index is 10.7. The molecule has 0 radical (unpaired) electrons. The predicted octanol–water partition coefficient (Wildman–Crippen LogP) is 0.697. The maximum absolute atomic E-state index is 10.7. The van der Waals surface area contributed by atoms with Crippen LogP contribution in [0.3, 0.4) is 0 Å². The Morgan fingerprint density at radius 2 is 2.20 bits per heavy atom. The molecule has 0 aromatic heterocycles. The Kier molecular flexibility index (Phi) is 4.39. The van der Waals surface area contributed by atoms with Gasteiger partial charge in [0.1, 0.15) is 12.4 Å². The number of aromatic hydroxyl groups is 1. The van der Waals surface area contributed by atoms with Crippen molar-refractivity contribution in [2.24, 2.45) is 0 Å². The van der Waals surface area contributed by atoms with Gasteiger partial charge < -0.3 is 15.5 Å². The molecule has 82 valence electrons. The first-order valence-corrected chi connectivity index (χ1v) is 4.86. The lowest BCUT2D eigenvalue weighted by Crippen LogP contribution is -2.28. The van der Waals surface area contributed by atoms with E-state index in [1.54, 1.807) is 12.1 Å². The Balaban J connectivity index is 2.50. The Labute approximate surface area is 92.5 Å². The number of rotatable bonds is 4. The summed E-state index contributed by atoms with van der Waals surface area (Å²) >= 11 is 5.75. The highest BCUT2D eigenvalue weighted by Crippen LogP contribution is 2.21. The molecule has 0 atom stereocenters. The summed E-state index contributed by atoms with van der Waals surface area (Å²) in [5, 5.41) is 20.9. The first kappa shape index (κ1) is 11.8. The van der Waals surface area contributed by atoms with Gasteiger partial charge in [0.05, 0.1) is 0 Å². The monoisotopic (exact) mass is 229 g/mol. The molecule has 0 saturated carbocycles. The van der Waals surface area contributed by atoms with Gasteiger partial charge in [0.25, 0.3) is 0 Å². The molecule has 0 bridgehead atoms. The lowest BCUT2D eigenvalue weighted by Gasteiger charge is -2.06. The lowest BCUT2D eigenvalue weighted by molar-refractivity contribution is -0.123. The van der Waals surface area contributed by atoms with Gasteiger partial charge in [-0.3, -0.25) is 4.79 Å². The number of amides is 1. The number of hydrogen-bond donors (Lipinski definition) is 3. The highest BCUT2D eigenvalue weighted by atomic mass is 35.5. The van der Waals surface area contributed by atoms with Crippen molar-refractivity contribution in [3.8, 4) is 5.75 Å². The van der Waals surface area contributed by atoms with Gasteiger partial charge in [-0.25, -0.2) is 0 Å². The van der Waals surface area contributed by atoms with E-state index in [0.717, 1.165) is 0 Å². The summed E-state index contributed by atoms with van der Waals surface area (Å²) in [5.74, 6) is -0.283. The molecular formula is C10H12ClNO3. The summed E-state index contributed by atoms with van der Waals surface area (Å²) in [6.07, 6.45) is 0.470. The summed E-state index contributed by atoms with van der Waals surface area (Å²) in [6.45, 7) is -0.172. The van der Waals surface area contributed by atoms with Gasteiger partial charge in [0, 0.05) is 11.6 Å². The Morgan fingerprint density at radius 3 is 2.87 bits per heavy atom. The van der Waals surface area contributed by atoms with Crippen molar-refractivity contribution in [3.63, 3.8) is 0 Å². The van der Waals surface area contributed by atoms with E-state index in [4.69, 9.17) is 16.7 Å². The minimum absolute atomic E-state index is 0.151. The number of aliphatic hydroxyl groups excluding tert-OH is 1. The number of phenols is 1. The molecule has 1 aromatic carbocycles. The fourth-order valence-corrected chi connectivity index (χ4v) is 1.34. The van der Waals surface area contributed by atoms with Crippen LogP contribution >= 0.6 is 11.6 Å². The fraction of sp³-hybridized carbons (Fsp3) is 0.300. The largest absolute Gasteiger partial charge is 0.508 e. The third-order valence-electron chi connectivity index (χ3n) is 1.90. The van der Waals surface area contributed by atoms with E-state index >= 15 is 0 Å². The molecule has 4 nitrogen and oxygen atoms in total. The second-order valence-electron chi connectivity index (χ2n) is 3.03. The molecule has 15 heavy (non-hydrogen) atoms.